The van der Waals surface area contributed by atoms with Gasteiger partial charge < -0.3 is 5.32 Å². The van der Waals surface area contributed by atoms with Crippen molar-refractivity contribution in [1.82, 2.24) is 15.3 Å². The second kappa shape index (κ2) is 5.23. The van der Waals surface area contributed by atoms with Gasteiger partial charge in [-0.05, 0) is 54.7 Å². The Labute approximate surface area is 125 Å². The van der Waals surface area contributed by atoms with Crippen LogP contribution in [0.25, 0.3) is 0 Å². The second-order valence-electron chi connectivity index (χ2n) is 6.45. The standard InChI is InChI=1S/C18H21N3/c1-2-6-17-15(4-1)5-3-7-18(17)8-16(18)12-19-9-14-10-20-13-21-11-14/h1-2,4,6,10-11,13,16,19H,3,5,7-9,12H2/t16-,18-/m0/s1. The maximum absolute atomic E-state index is 4.06. The zero-order valence-corrected chi connectivity index (χ0v) is 12.3. The van der Waals surface area contributed by atoms with Crippen LogP contribution in [-0.4, -0.2) is 16.5 Å². The van der Waals surface area contributed by atoms with E-state index in [2.05, 4.69) is 39.6 Å². The Hall–Kier alpha value is -1.74. The number of nitrogens with one attached hydrogen (secondary N) is 1. The minimum absolute atomic E-state index is 0.481. The molecule has 2 aliphatic rings. The fraction of sp³-hybridized carbons (Fsp3) is 0.444. The van der Waals surface area contributed by atoms with Gasteiger partial charge in [0.05, 0.1) is 0 Å². The van der Waals surface area contributed by atoms with Crippen LogP contribution in [-0.2, 0) is 18.4 Å². The van der Waals surface area contributed by atoms with E-state index >= 15 is 0 Å². The molecule has 3 heteroatoms. The van der Waals surface area contributed by atoms with Crippen LogP contribution in [0.4, 0.5) is 0 Å². The molecule has 0 bridgehead atoms. The fourth-order valence-corrected chi connectivity index (χ4v) is 4.05. The van der Waals surface area contributed by atoms with Crippen LogP contribution in [0.2, 0.25) is 0 Å². The highest BCUT2D eigenvalue weighted by molar-refractivity contribution is 5.42. The summed E-state index contributed by atoms with van der Waals surface area (Å²) in [5, 5.41) is 3.59. The van der Waals surface area contributed by atoms with Crippen molar-refractivity contribution in [3.05, 3.63) is 59.7 Å². The molecule has 1 N–H and O–H groups in total. The second-order valence-corrected chi connectivity index (χ2v) is 6.45. The van der Waals surface area contributed by atoms with Crippen LogP contribution in [0, 0.1) is 5.92 Å². The third-order valence-electron chi connectivity index (χ3n) is 5.19. The Morgan fingerprint density at radius 3 is 2.95 bits per heavy atom. The zero-order valence-electron chi connectivity index (χ0n) is 12.3. The predicted octanol–water partition coefficient (Wildman–Crippen LogP) is 2.86. The molecule has 0 aliphatic heterocycles. The Kier molecular flexibility index (Phi) is 3.23. The van der Waals surface area contributed by atoms with Gasteiger partial charge in [0.1, 0.15) is 6.33 Å². The SMILES string of the molecule is c1ccc2c(c1)CCC[C@@]21C[C@H]1CNCc1cncnc1. The van der Waals surface area contributed by atoms with Crippen LogP contribution in [0.3, 0.4) is 0 Å². The lowest BCUT2D eigenvalue weighted by Crippen LogP contribution is -2.24. The summed E-state index contributed by atoms with van der Waals surface area (Å²) >= 11 is 0. The smallest absolute Gasteiger partial charge is 0.115 e. The summed E-state index contributed by atoms with van der Waals surface area (Å²) in [6, 6.07) is 9.07. The monoisotopic (exact) mass is 279 g/mol. The molecule has 1 fully saturated rings. The molecule has 2 aliphatic carbocycles. The first kappa shape index (κ1) is 13.0. The molecule has 4 rings (SSSR count). The highest BCUT2D eigenvalue weighted by Gasteiger charge is 2.55. The first-order valence-corrected chi connectivity index (χ1v) is 7.91. The third kappa shape index (κ3) is 2.36. The van der Waals surface area contributed by atoms with Crippen molar-refractivity contribution in [2.24, 2.45) is 5.92 Å². The molecule has 0 radical (unpaired) electrons. The van der Waals surface area contributed by atoms with E-state index < -0.39 is 0 Å². The van der Waals surface area contributed by atoms with Crippen LogP contribution >= 0.6 is 0 Å². The predicted molar refractivity (Wildman–Crippen MR) is 82.9 cm³/mol. The van der Waals surface area contributed by atoms with E-state index in [0.29, 0.717) is 5.41 Å². The zero-order chi connectivity index (χ0) is 14.1. The molecule has 0 amide bonds. The lowest BCUT2D eigenvalue weighted by molar-refractivity contribution is 0.478. The minimum atomic E-state index is 0.481. The highest BCUT2D eigenvalue weighted by Crippen LogP contribution is 2.59. The van der Waals surface area contributed by atoms with E-state index in [4.69, 9.17) is 0 Å². The average Bonchev–Trinajstić information content (AvgIpc) is 3.22. The molecular formula is C18H21N3. The van der Waals surface area contributed by atoms with Crippen LogP contribution in [0.5, 0.6) is 0 Å². The molecule has 1 spiro atoms. The number of nitrogens with zero attached hydrogens (tertiary/aromatic N) is 2. The van der Waals surface area contributed by atoms with Gasteiger partial charge in [0.15, 0.2) is 0 Å². The van der Waals surface area contributed by atoms with E-state index in [-0.39, 0.29) is 0 Å². The summed E-state index contributed by atoms with van der Waals surface area (Å²) in [7, 11) is 0. The quantitative estimate of drug-likeness (QED) is 0.935. The number of benzene rings is 1. The molecule has 2 atom stereocenters. The molecule has 3 nitrogen and oxygen atoms in total. The summed E-state index contributed by atoms with van der Waals surface area (Å²) in [6.07, 6.45) is 10.7. The first-order chi connectivity index (χ1) is 10.4. The number of aryl methyl sites for hydroxylation is 1. The summed E-state index contributed by atoms with van der Waals surface area (Å²) in [5.74, 6) is 0.795. The summed E-state index contributed by atoms with van der Waals surface area (Å²) < 4.78 is 0. The lowest BCUT2D eigenvalue weighted by Gasteiger charge is -2.26. The Morgan fingerprint density at radius 2 is 2.05 bits per heavy atom. The normalized spacial score (nSPS) is 26.6. The van der Waals surface area contributed by atoms with Gasteiger partial charge in [-0.2, -0.15) is 0 Å². The summed E-state index contributed by atoms with van der Waals surface area (Å²) in [4.78, 5) is 8.12. The van der Waals surface area contributed by atoms with Crippen molar-refractivity contribution in [2.45, 2.75) is 37.6 Å². The maximum Gasteiger partial charge on any atom is 0.115 e. The number of hydrogen-bond donors (Lipinski definition) is 1. The van der Waals surface area contributed by atoms with Crippen molar-refractivity contribution < 1.29 is 0 Å². The molecule has 0 saturated heterocycles. The molecule has 0 unspecified atom stereocenters. The Morgan fingerprint density at radius 1 is 1.19 bits per heavy atom. The van der Waals surface area contributed by atoms with Crippen molar-refractivity contribution in [3.8, 4) is 0 Å². The summed E-state index contributed by atoms with van der Waals surface area (Å²) in [5.41, 5.74) is 4.86. The number of aromatic nitrogens is 2. The minimum Gasteiger partial charge on any atom is -0.312 e. The van der Waals surface area contributed by atoms with Gasteiger partial charge in [-0.15, -0.1) is 0 Å². The molecule has 1 aromatic heterocycles. The van der Waals surface area contributed by atoms with Gasteiger partial charge in [0.25, 0.3) is 0 Å². The molecule has 1 aromatic carbocycles. The van der Waals surface area contributed by atoms with E-state index in [1.807, 2.05) is 12.4 Å². The van der Waals surface area contributed by atoms with Gasteiger partial charge in [0.2, 0.25) is 0 Å². The van der Waals surface area contributed by atoms with E-state index in [0.717, 1.165) is 24.6 Å². The van der Waals surface area contributed by atoms with Gasteiger partial charge in [-0.1, -0.05) is 24.3 Å². The van der Waals surface area contributed by atoms with Gasteiger partial charge in [-0.25, -0.2) is 9.97 Å². The first-order valence-electron chi connectivity index (χ1n) is 7.91. The van der Waals surface area contributed by atoms with E-state index in [1.54, 1.807) is 17.5 Å². The largest absolute Gasteiger partial charge is 0.312 e. The van der Waals surface area contributed by atoms with Crippen LogP contribution in [0.15, 0.2) is 43.0 Å². The molecule has 21 heavy (non-hydrogen) atoms. The van der Waals surface area contributed by atoms with Crippen LogP contribution in [0.1, 0.15) is 36.0 Å². The molecule has 1 saturated carbocycles. The Bertz CT molecular complexity index is 625. The van der Waals surface area contributed by atoms with Crippen molar-refractivity contribution in [3.63, 3.8) is 0 Å². The number of fused-ring (bicyclic) bond motifs is 2. The lowest BCUT2D eigenvalue weighted by atomic mass is 9.78. The van der Waals surface area contributed by atoms with E-state index in [9.17, 15) is 0 Å². The van der Waals surface area contributed by atoms with Gasteiger partial charge in [0, 0.05) is 24.5 Å². The molecule has 108 valence electrons. The third-order valence-corrected chi connectivity index (χ3v) is 5.19. The van der Waals surface area contributed by atoms with E-state index in [1.165, 1.54) is 25.7 Å². The number of rotatable bonds is 4. The van der Waals surface area contributed by atoms with Crippen LogP contribution < -0.4 is 5.32 Å². The number of hydrogen-bond acceptors (Lipinski definition) is 3. The van der Waals surface area contributed by atoms with Crippen molar-refractivity contribution in [1.29, 1.82) is 0 Å². The van der Waals surface area contributed by atoms with Crippen molar-refractivity contribution >= 4 is 0 Å². The Balaban J connectivity index is 1.40. The van der Waals surface area contributed by atoms with Crippen molar-refractivity contribution in [2.75, 3.05) is 6.54 Å². The fourth-order valence-electron chi connectivity index (χ4n) is 4.05. The summed E-state index contributed by atoms with van der Waals surface area (Å²) in [6.45, 7) is 1.97. The topological polar surface area (TPSA) is 37.8 Å². The van der Waals surface area contributed by atoms with Gasteiger partial charge >= 0.3 is 0 Å². The molecule has 2 aromatic rings. The maximum atomic E-state index is 4.06. The molecule has 1 heterocycles. The molecular weight excluding hydrogens is 258 g/mol. The highest BCUT2D eigenvalue weighted by atomic mass is 14.9. The van der Waals surface area contributed by atoms with Gasteiger partial charge in [-0.3, -0.25) is 0 Å². The average molecular weight is 279 g/mol.